The van der Waals surface area contributed by atoms with Gasteiger partial charge in [0.1, 0.15) is 11.6 Å². The van der Waals surface area contributed by atoms with Gasteiger partial charge >= 0.3 is 6.09 Å². The van der Waals surface area contributed by atoms with Crippen LogP contribution in [0.1, 0.15) is 0 Å². The normalized spacial score (nSPS) is 10.3. The van der Waals surface area contributed by atoms with Gasteiger partial charge in [0.2, 0.25) is 0 Å². The maximum absolute atomic E-state index is 13.5. The molecular weight excluding hydrogens is 269 g/mol. The summed E-state index contributed by atoms with van der Waals surface area (Å²) in [6, 6.07) is 18.9. The van der Waals surface area contributed by atoms with E-state index < -0.39 is 11.9 Å². The third kappa shape index (κ3) is 2.84. The van der Waals surface area contributed by atoms with E-state index in [0.29, 0.717) is 5.75 Å². The lowest BCUT2D eigenvalue weighted by Gasteiger charge is -2.09. The zero-order valence-corrected chi connectivity index (χ0v) is 11.0. The fourth-order valence-electron chi connectivity index (χ4n) is 2.08. The van der Waals surface area contributed by atoms with Gasteiger partial charge in [-0.1, -0.05) is 48.5 Å². The molecule has 0 radical (unpaired) electrons. The number of anilines is 1. The maximum Gasteiger partial charge on any atom is 0.417 e. The van der Waals surface area contributed by atoms with E-state index in [-0.39, 0.29) is 5.69 Å². The molecule has 0 aromatic heterocycles. The summed E-state index contributed by atoms with van der Waals surface area (Å²) in [4.78, 5) is 11.9. The molecule has 3 aromatic rings. The number of fused-ring (bicyclic) bond motifs is 1. The summed E-state index contributed by atoms with van der Waals surface area (Å²) in [6.45, 7) is 0. The van der Waals surface area contributed by atoms with Crippen LogP contribution >= 0.6 is 0 Å². The Balaban J connectivity index is 1.82. The van der Waals surface area contributed by atoms with Crippen LogP contribution in [-0.2, 0) is 0 Å². The van der Waals surface area contributed by atoms with Crippen molar-refractivity contribution in [1.29, 1.82) is 0 Å². The largest absolute Gasteiger partial charge is 0.417 e. The van der Waals surface area contributed by atoms with Crippen LogP contribution < -0.4 is 10.1 Å². The first-order valence-electron chi connectivity index (χ1n) is 6.45. The summed E-state index contributed by atoms with van der Waals surface area (Å²) < 4.78 is 18.7. The van der Waals surface area contributed by atoms with Gasteiger partial charge in [0.15, 0.2) is 0 Å². The van der Waals surface area contributed by atoms with Gasteiger partial charge in [-0.25, -0.2) is 9.18 Å². The molecule has 0 spiro atoms. The number of ether oxygens (including phenoxy) is 1. The van der Waals surface area contributed by atoms with Crippen molar-refractivity contribution in [2.75, 3.05) is 5.32 Å². The van der Waals surface area contributed by atoms with Crippen LogP contribution in [0.5, 0.6) is 5.75 Å². The molecule has 104 valence electrons. The zero-order valence-electron chi connectivity index (χ0n) is 11.0. The Hall–Kier alpha value is -2.88. The van der Waals surface area contributed by atoms with Crippen LogP contribution in [-0.4, -0.2) is 6.09 Å². The van der Waals surface area contributed by atoms with Crippen LogP contribution in [0.2, 0.25) is 0 Å². The van der Waals surface area contributed by atoms with Crippen molar-refractivity contribution in [3.8, 4) is 5.75 Å². The minimum absolute atomic E-state index is 0.0859. The third-order valence-corrected chi connectivity index (χ3v) is 3.06. The second-order valence-corrected chi connectivity index (χ2v) is 4.47. The van der Waals surface area contributed by atoms with Crippen LogP contribution in [0.15, 0.2) is 66.7 Å². The highest BCUT2D eigenvalue weighted by Crippen LogP contribution is 2.25. The van der Waals surface area contributed by atoms with Gasteiger partial charge in [-0.05, 0) is 23.6 Å². The molecule has 0 fully saturated rings. The molecule has 3 aromatic carbocycles. The number of rotatable bonds is 2. The molecule has 0 aliphatic rings. The molecule has 0 saturated heterocycles. The van der Waals surface area contributed by atoms with Crippen molar-refractivity contribution < 1.29 is 13.9 Å². The molecule has 21 heavy (non-hydrogen) atoms. The summed E-state index contributed by atoms with van der Waals surface area (Å²) in [6.07, 6.45) is -0.726. The summed E-state index contributed by atoms with van der Waals surface area (Å²) in [7, 11) is 0. The van der Waals surface area contributed by atoms with Crippen molar-refractivity contribution in [2.24, 2.45) is 0 Å². The molecule has 0 aliphatic heterocycles. The predicted molar refractivity (Wildman–Crippen MR) is 80.0 cm³/mol. The number of hydrogen-bond donors (Lipinski definition) is 1. The van der Waals surface area contributed by atoms with Crippen molar-refractivity contribution in [2.45, 2.75) is 0 Å². The number of para-hydroxylation sites is 1. The van der Waals surface area contributed by atoms with E-state index in [1.54, 1.807) is 24.3 Å². The van der Waals surface area contributed by atoms with Crippen molar-refractivity contribution in [3.05, 3.63) is 72.5 Å². The Kier molecular flexibility index (Phi) is 3.51. The second kappa shape index (κ2) is 5.63. The minimum Gasteiger partial charge on any atom is -0.409 e. The number of carbonyl (C=O) groups excluding carboxylic acids is 1. The topological polar surface area (TPSA) is 38.3 Å². The average molecular weight is 281 g/mol. The minimum atomic E-state index is -0.726. The number of halogens is 1. The summed E-state index contributed by atoms with van der Waals surface area (Å²) >= 11 is 0. The van der Waals surface area contributed by atoms with Crippen molar-refractivity contribution in [3.63, 3.8) is 0 Å². The molecule has 0 aliphatic carbocycles. The highest BCUT2D eigenvalue weighted by Gasteiger charge is 2.10. The lowest BCUT2D eigenvalue weighted by Crippen LogP contribution is -2.17. The smallest absolute Gasteiger partial charge is 0.409 e. The van der Waals surface area contributed by atoms with E-state index in [9.17, 15) is 9.18 Å². The Morgan fingerprint density at radius 3 is 2.48 bits per heavy atom. The number of carbonyl (C=O) groups is 1. The second-order valence-electron chi connectivity index (χ2n) is 4.47. The molecule has 0 atom stereocenters. The Morgan fingerprint density at radius 2 is 1.62 bits per heavy atom. The van der Waals surface area contributed by atoms with E-state index in [4.69, 9.17) is 4.74 Å². The predicted octanol–water partition coefficient (Wildman–Crippen LogP) is 4.59. The number of amides is 1. The molecule has 1 amide bonds. The molecule has 3 nitrogen and oxygen atoms in total. The monoisotopic (exact) mass is 281 g/mol. The van der Waals surface area contributed by atoms with E-state index in [1.165, 1.54) is 12.1 Å². The molecule has 0 heterocycles. The number of benzene rings is 3. The van der Waals surface area contributed by atoms with E-state index in [0.717, 1.165) is 10.8 Å². The number of nitrogens with one attached hydrogen (secondary N) is 1. The van der Waals surface area contributed by atoms with Crippen molar-refractivity contribution in [1.82, 2.24) is 0 Å². The Labute approximate surface area is 121 Å². The Morgan fingerprint density at radius 1 is 0.905 bits per heavy atom. The van der Waals surface area contributed by atoms with Gasteiger partial charge in [0.25, 0.3) is 0 Å². The summed E-state index contributed by atoms with van der Waals surface area (Å²) in [5, 5.41) is 4.18. The zero-order chi connectivity index (χ0) is 14.7. The van der Waals surface area contributed by atoms with Gasteiger partial charge in [-0.3, -0.25) is 5.32 Å². The first-order chi connectivity index (χ1) is 10.2. The lowest BCUT2D eigenvalue weighted by atomic mass is 10.1. The summed E-state index contributed by atoms with van der Waals surface area (Å²) in [5.74, 6) is -0.0747. The van der Waals surface area contributed by atoms with E-state index >= 15 is 0 Å². The van der Waals surface area contributed by atoms with Crippen LogP contribution in [0.25, 0.3) is 10.8 Å². The molecule has 3 rings (SSSR count). The van der Waals surface area contributed by atoms with Crippen LogP contribution in [0.4, 0.5) is 14.9 Å². The highest BCUT2D eigenvalue weighted by molar-refractivity contribution is 5.93. The molecule has 4 heteroatoms. The third-order valence-electron chi connectivity index (χ3n) is 3.06. The quantitative estimate of drug-likeness (QED) is 0.746. The fraction of sp³-hybridized carbons (Fsp3) is 0. The Bertz CT molecular complexity index is 796. The average Bonchev–Trinajstić information content (AvgIpc) is 2.50. The molecule has 0 saturated carbocycles. The SMILES string of the molecule is O=C(Nc1ccccc1F)Oc1cccc2ccccc12. The van der Waals surface area contributed by atoms with Gasteiger partial charge in [-0.2, -0.15) is 0 Å². The van der Waals surface area contributed by atoms with Crippen LogP contribution in [0.3, 0.4) is 0 Å². The van der Waals surface area contributed by atoms with Gasteiger partial charge in [0.05, 0.1) is 5.69 Å². The number of hydrogen-bond acceptors (Lipinski definition) is 2. The molecule has 0 unspecified atom stereocenters. The lowest BCUT2D eigenvalue weighted by molar-refractivity contribution is 0.215. The first kappa shape index (κ1) is 13.1. The molecule has 1 N–H and O–H groups in total. The van der Waals surface area contributed by atoms with Gasteiger partial charge < -0.3 is 4.74 Å². The van der Waals surface area contributed by atoms with Gasteiger partial charge in [-0.15, -0.1) is 0 Å². The van der Waals surface area contributed by atoms with Crippen molar-refractivity contribution >= 4 is 22.6 Å². The van der Waals surface area contributed by atoms with Gasteiger partial charge in [0, 0.05) is 5.39 Å². The van der Waals surface area contributed by atoms with E-state index in [1.807, 2.05) is 30.3 Å². The highest BCUT2D eigenvalue weighted by atomic mass is 19.1. The van der Waals surface area contributed by atoms with Crippen LogP contribution in [0, 0.1) is 5.82 Å². The summed E-state index contributed by atoms with van der Waals surface area (Å²) in [5.41, 5.74) is 0.0859. The standard InChI is InChI=1S/C17H12FNO2/c18-14-9-3-4-10-15(14)19-17(20)21-16-11-5-7-12-6-1-2-8-13(12)16/h1-11H,(H,19,20). The molecular formula is C17H12FNO2. The fourth-order valence-corrected chi connectivity index (χ4v) is 2.08. The molecule has 0 bridgehead atoms. The maximum atomic E-state index is 13.5. The first-order valence-corrected chi connectivity index (χ1v) is 6.45. The van der Waals surface area contributed by atoms with E-state index in [2.05, 4.69) is 5.32 Å².